The lowest BCUT2D eigenvalue weighted by Crippen LogP contribution is -2.34. The Morgan fingerprint density at radius 2 is 2.00 bits per heavy atom. The van der Waals surface area contributed by atoms with E-state index in [1.54, 1.807) is 0 Å². The number of rotatable bonds is 8. The maximum absolute atomic E-state index is 12.1. The van der Waals surface area contributed by atoms with Crippen molar-refractivity contribution >= 4 is 17.2 Å². The zero-order chi connectivity index (χ0) is 14.3. The van der Waals surface area contributed by atoms with Gasteiger partial charge in [-0.15, -0.1) is 11.3 Å². The molecule has 4 nitrogen and oxygen atoms in total. The molecular formula is C14H25N3OS. The summed E-state index contributed by atoms with van der Waals surface area (Å²) in [4.78, 5) is 19.6. The highest BCUT2D eigenvalue weighted by Crippen LogP contribution is 2.19. The van der Waals surface area contributed by atoms with Crippen molar-refractivity contribution < 1.29 is 4.79 Å². The van der Waals surface area contributed by atoms with Gasteiger partial charge in [-0.1, -0.05) is 20.8 Å². The molecule has 0 saturated heterocycles. The third-order valence-electron chi connectivity index (χ3n) is 3.12. The molecule has 0 bridgehead atoms. The first-order valence-corrected chi connectivity index (χ1v) is 7.90. The van der Waals surface area contributed by atoms with Gasteiger partial charge in [0, 0.05) is 13.1 Å². The number of amides is 1. The smallest absolute Gasteiger partial charge is 0.263 e. The van der Waals surface area contributed by atoms with E-state index in [-0.39, 0.29) is 5.91 Å². The van der Waals surface area contributed by atoms with E-state index in [0.717, 1.165) is 48.1 Å². The molecule has 5 heteroatoms. The molecule has 19 heavy (non-hydrogen) atoms. The lowest BCUT2D eigenvalue weighted by molar-refractivity contribution is 0.0952. The van der Waals surface area contributed by atoms with Crippen molar-refractivity contribution in [3.8, 4) is 0 Å². The average Bonchev–Trinajstić information content (AvgIpc) is 2.76. The van der Waals surface area contributed by atoms with Gasteiger partial charge in [0.1, 0.15) is 4.88 Å². The standard InChI is InChI=1S/C14H25N3OS/c1-5-8-12-16-11(4)13(19-12)14(18)15-9-10-17(6-2)7-3/h5-10H2,1-4H3,(H,15,18). The minimum atomic E-state index is 0.0181. The van der Waals surface area contributed by atoms with E-state index in [4.69, 9.17) is 0 Å². The second-order valence-corrected chi connectivity index (χ2v) is 5.64. The van der Waals surface area contributed by atoms with Crippen LogP contribution in [0, 0.1) is 6.92 Å². The Morgan fingerprint density at radius 3 is 2.58 bits per heavy atom. The normalized spacial score (nSPS) is 11.0. The van der Waals surface area contributed by atoms with Crippen LogP contribution in [0.15, 0.2) is 0 Å². The quantitative estimate of drug-likeness (QED) is 0.797. The van der Waals surface area contributed by atoms with E-state index < -0.39 is 0 Å². The van der Waals surface area contributed by atoms with Crippen molar-refractivity contribution in [2.75, 3.05) is 26.2 Å². The first-order chi connectivity index (χ1) is 9.12. The molecule has 0 aliphatic carbocycles. The summed E-state index contributed by atoms with van der Waals surface area (Å²) in [6, 6.07) is 0. The van der Waals surface area contributed by atoms with Gasteiger partial charge in [0.2, 0.25) is 0 Å². The monoisotopic (exact) mass is 283 g/mol. The second kappa shape index (κ2) is 8.27. The maximum Gasteiger partial charge on any atom is 0.263 e. The summed E-state index contributed by atoms with van der Waals surface area (Å²) in [6.07, 6.45) is 2.02. The number of hydrogen-bond acceptors (Lipinski definition) is 4. The zero-order valence-corrected chi connectivity index (χ0v) is 13.3. The van der Waals surface area contributed by atoms with Crippen molar-refractivity contribution in [1.82, 2.24) is 15.2 Å². The van der Waals surface area contributed by atoms with Gasteiger partial charge in [0.15, 0.2) is 0 Å². The molecule has 0 unspecified atom stereocenters. The molecular weight excluding hydrogens is 258 g/mol. The largest absolute Gasteiger partial charge is 0.350 e. The van der Waals surface area contributed by atoms with Gasteiger partial charge in [-0.05, 0) is 32.9 Å². The molecule has 1 rings (SSSR count). The average molecular weight is 283 g/mol. The van der Waals surface area contributed by atoms with Crippen LogP contribution >= 0.6 is 11.3 Å². The van der Waals surface area contributed by atoms with E-state index >= 15 is 0 Å². The summed E-state index contributed by atoms with van der Waals surface area (Å²) in [5.41, 5.74) is 0.855. The summed E-state index contributed by atoms with van der Waals surface area (Å²) in [5, 5.41) is 4.05. The number of thiazole rings is 1. The van der Waals surface area contributed by atoms with Crippen LogP contribution in [0.2, 0.25) is 0 Å². The van der Waals surface area contributed by atoms with Gasteiger partial charge in [-0.2, -0.15) is 0 Å². The SMILES string of the molecule is CCCc1nc(C)c(C(=O)NCCN(CC)CC)s1. The Labute approximate surface area is 120 Å². The first kappa shape index (κ1) is 16.1. The molecule has 1 aromatic heterocycles. The van der Waals surface area contributed by atoms with Crippen LogP contribution in [-0.4, -0.2) is 42.0 Å². The van der Waals surface area contributed by atoms with E-state index in [0.29, 0.717) is 6.54 Å². The third-order valence-corrected chi connectivity index (χ3v) is 4.33. The van der Waals surface area contributed by atoms with Gasteiger partial charge < -0.3 is 10.2 Å². The van der Waals surface area contributed by atoms with Crippen molar-refractivity contribution in [3.63, 3.8) is 0 Å². The van der Waals surface area contributed by atoms with Crippen molar-refractivity contribution in [2.45, 2.75) is 40.5 Å². The lowest BCUT2D eigenvalue weighted by atomic mass is 10.3. The summed E-state index contributed by atoms with van der Waals surface area (Å²) in [5.74, 6) is 0.0181. The lowest BCUT2D eigenvalue weighted by Gasteiger charge is -2.17. The highest BCUT2D eigenvalue weighted by molar-refractivity contribution is 7.13. The van der Waals surface area contributed by atoms with Crippen molar-refractivity contribution in [3.05, 3.63) is 15.6 Å². The highest BCUT2D eigenvalue weighted by atomic mass is 32.1. The molecule has 0 fully saturated rings. The van der Waals surface area contributed by atoms with Crippen LogP contribution in [0.1, 0.15) is 47.6 Å². The third kappa shape index (κ3) is 4.91. The number of carbonyl (C=O) groups excluding carboxylic acids is 1. The Morgan fingerprint density at radius 1 is 1.32 bits per heavy atom. The molecule has 0 aromatic carbocycles. The summed E-state index contributed by atoms with van der Waals surface area (Å²) in [7, 11) is 0. The number of aromatic nitrogens is 1. The number of hydrogen-bond donors (Lipinski definition) is 1. The second-order valence-electron chi connectivity index (χ2n) is 4.55. The minimum absolute atomic E-state index is 0.0181. The van der Waals surface area contributed by atoms with Crippen LogP contribution in [0.3, 0.4) is 0 Å². The van der Waals surface area contributed by atoms with E-state index in [9.17, 15) is 4.79 Å². The molecule has 0 radical (unpaired) electrons. The molecule has 0 saturated carbocycles. The fourth-order valence-electron chi connectivity index (χ4n) is 1.93. The summed E-state index contributed by atoms with van der Waals surface area (Å²) < 4.78 is 0. The molecule has 0 atom stereocenters. The predicted molar refractivity (Wildman–Crippen MR) is 81.0 cm³/mol. The molecule has 108 valence electrons. The van der Waals surface area contributed by atoms with Gasteiger partial charge in [-0.3, -0.25) is 4.79 Å². The molecule has 1 N–H and O–H groups in total. The van der Waals surface area contributed by atoms with Crippen LogP contribution in [-0.2, 0) is 6.42 Å². The van der Waals surface area contributed by atoms with Gasteiger partial charge in [0.05, 0.1) is 10.7 Å². The predicted octanol–water partition coefficient (Wildman–Crippen LogP) is 2.48. The van der Waals surface area contributed by atoms with E-state index in [2.05, 4.69) is 36.0 Å². The Bertz CT molecular complexity index is 399. The minimum Gasteiger partial charge on any atom is -0.350 e. The van der Waals surface area contributed by atoms with Gasteiger partial charge >= 0.3 is 0 Å². The number of likely N-dealkylation sites (N-methyl/N-ethyl adjacent to an activating group) is 1. The summed E-state index contributed by atoms with van der Waals surface area (Å²) >= 11 is 1.53. The Kier molecular flexibility index (Phi) is 7.02. The molecule has 0 aliphatic heterocycles. The van der Waals surface area contributed by atoms with Crippen LogP contribution in [0.4, 0.5) is 0 Å². The van der Waals surface area contributed by atoms with Crippen LogP contribution < -0.4 is 5.32 Å². The molecule has 0 aliphatic rings. The van der Waals surface area contributed by atoms with Crippen molar-refractivity contribution in [1.29, 1.82) is 0 Å². The maximum atomic E-state index is 12.1. The molecule has 1 amide bonds. The number of nitrogens with zero attached hydrogens (tertiary/aromatic N) is 2. The van der Waals surface area contributed by atoms with E-state index in [1.807, 2.05) is 6.92 Å². The number of aryl methyl sites for hydroxylation is 2. The van der Waals surface area contributed by atoms with E-state index in [1.165, 1.54) is 11.3 Å². The topological polar surface area (TPSA) is 45.2 Å². The fourth-order valence-corrected chi connectivity index (χ4v) is 3.01. The van der Waals surface area contributed by atoms with Crippen molar-refractivity contribution in [2.24, 2.45) is 0 Å². The highest BCUT2D eigenvalue weighted by Gasteiger charge is 2.14. The molecule has 1 aromatic rings. The Hall–Kier alpha value is -0.940. The van der Waals surface area contributed by atoms with Crippen LogP contribution in [0.5, 0.6) is 0 Å². The number of carbonyl (C=O) groups is 1. The van der Waals surface area contributed by atoms with Gasteiger partial charge in [0.25, 0.3) is 5.91 Å². The van der Waals surface area contributed by atoms with Crippen LogP contribution in [0.25, 0.3) is 0 Å². The zero-order valence-electron chi connectivity index (χ0n) is 12.5. The first-order valence-electron chi connectivity index (χ1n) is 7.09. The molecule has 1 heterocycles. The fraction of sp³-hybridized carbons (Fsp3) is 0.714. The van der Waals surface area contributed by atoms with Gasteiger partial charge in [-0.25, -0.2) is 4.98 Å². The summed E-state index contributed by atoms with van der Waals surface area (Å²) in [6.45, 7) is 11.9. The Balaban J connectivity index is 2.49. The molecule has 0 spiro atoms. The number of nitrogens with one attached hydrogen (secondary N) is 1.